The Morgan fingerprint density at radius 3 is 2.68 bits per heavy atom. The minimum absolute atomic E-state index is 0.138. The van der Waals surface area contributed by atoms with E-state index < -0.39 is 5.82 Å². The number of carbonyl (C=O) groups excluding carboxylic acids is 1. The molecule has 4 rings (SSSR count). The molecule has 4 aromatic rings. The van der Waals surface area contributed by atoms with Gasteiger partial charge in [0.15, 0.2) is 0 Å². The Hall–Kier alpha value is -3.18. The van der Waals surface area contributed by atoms with Gasteiger partial charge < -0.3 is 10.3 Å². The van der Waals surface area contributed by atoms with Crippen LogP contribution in [0, 0.1) is 5.82 Å². The van der Waals surface area contributed by atoms with Crippen molar-refractivity contribution in [3.05, 3.63) is 101 Å². The number of fused-ring (bicyclic) bond motifs is 1. The van der Waals surface area contributed by atoms with Crippen LogP contribution in [0.5, 0.6) is 0 Å². The molecule has 28 heavy (non-hydrogen) atoms. The van der Waals surface area contributed by atoms with E-state index in [4.69, 9.17) is 11.6 Å². The molecule has 0 radical (unpaired) electrons. The molecule has 6 heteroatoms. The number of aromatic nitrogens is 2. The number of nitrogens with zero attached hydrogens (tertiary/aromatic N) is 1. The summed E-state index contributed by atoms with van der Waals surface area (Å²) >= 11 is 6.07. The van der Waals surface area contributed by atoms with Crippen LogP contribution < -0.4 is 5.32 Å². The Morgan fingerprint density at radius 1 is 1.07 bits per heavy atom. The molecule has 4 nitrogen and oxygen atoms in total. The minimum Gasteiger partial charge on any atom is -0.345 e. The molecule has 0 saturated carbocycles. The number of nitrogens with one attached hydrogen (secondary N) is 2. The van der Waals surface area contributed by atoms with Gasteiger partial charge >= 0.3 is 0 Å². The Kier molecular flexibility index (Phi) is 5.08. The third-order valence-corrected chi connectivity index (χ3v) is 4.97. The number of carbonyl (C=O) groups is 1. The molecule has 1 heterocycles. The maximum absolute atomic E-state index is 14.1. The summed E-state index contributed by atoms with van der Waals surface area (Å²) in [5.74, 6) is -0.802. The number of halogens is 2. The molecule has 0 spiro atoms. The van der Waals surface area contributed by atoms with E-state index >= 15 is 0 Å². The average molecular weight is 394 g/mol. The van der Waals surface area contributed by atoms with Crippen LogP contribution in [-0.4, -0.2) is 15.9 Å². The summed E-state index contributed by atoms with van der Waals surface area (Å²) < 4.78 is 14.1. The molecule has 2 N–H and O–H groups in total. The van der Waals surface area contributed by atoms with E-state index in [2.05, 4.69) is 15.3 Å². The van der Waals surface area contributed by atoms with Gasteiger partial charge in [-0.3, -0.25) is 4.79 Å². The molecular formula is C22H17ClFN3O. The fraction of sp³-hybridized carbons (Fsp3) is 0.0909. The van der Waals surface area contributed by atoms with Crippen LogP contribution in [0.2, 0.25) is 5.02 Å². The van der Waals surface area contributed by atoms with Crippen LogP contribution in [-0.2, 0) is 11.2 Å². The van der Waals surface area contributed by atoms with Gasteiger partial charge in [-0.1, -0.05) is 54.1 Å². The molecule has 0 saturated heterocycles. The number of hydrogen-bond donors (Lipinski definition) is 2. The van der Waals surface area contributed by atoms with Crippen molar-refractivity contribution in [2.45, 2.75) is 12.5 Å². The predicted molar refractivity (Wildman–Crippen MR) is 108 cm³/mol. The van der Waals surface area contributed by atoms with Crippen molar-refractivity contribution in [3.63, 3.8) is 0 Å². The molecule has 0 unspecified atom stereocenters. The van der Waals surface area contributed by atoms with Gasteiger partial charge in [0.25, 0.3) is 0 Å². The van der Waals surface area contributed by atoms with E-state index in [0.717, 1.165) is 22.2 Å². The van der Waals surface area contributed by atoms with Crippen LogP contribution in [0.15, 0.2) is 73.1 Å². The zero-order valence-corrected chi connectivity index (χ0v) is 15.6. The van der Waals surface area contributed by atoms with Gasteiger partial charge in [0.2, 0.25) is 5.91 Å². The van der Waals surface area contributed by atoms with Gasteiger partial charge in [0.1, 0.15) is 5.82 Å². The van der Waals surface area contributed by atoms with Gasteiger partial charge in [-0.25, -0.2) is 9.37 Å². The summed E-state index contributed by atoms with van der Waals surface area (Å²) in [6.07, 6.45) is 1.49. The zero-order valence-electron chi connectivity index (χ0n) is 14.8. The SMILES string of the molecule is O=C(Cc1c(F)cccc1Cl)N[C@@H](c1ccccc1)c1ccc2nc[nH]c2c1. The molecule has 0 aliphatic rings. The van der Waals surface area contributed by atoms with E-state index in [0.29, 0.717) is 0 Å². The number of benzene rings is 3. The molecule has 1 aromatic heterocycles. The van der Waals surface area contributed by atoms with E-state index in [-0.39, 0.29) is 29.0 Å². The van der Waals surface area contributed by atoms with Crippen molar-refractivity contribution in [2.24, 2.45) is 0 Å². The van der Waals surface area contributed by atoms with Crippen molar-refractivity contribution >= 4 is 28.5 Å². The summed E-state index contributed by atoms with van der Waals surface area (Å²) in [7, 11) is 0. The molecular weight excluding hydrogens is 377 g/mol. The maximum Gasteiger partial charge on any atom is 0.225 e. The number of aromatic amines is 1. The molecule has 3 aromatic carbocycles. The monoisotopic (exact) mass is 393 g/mol. The van der Waals surface area contributed by atoms with Crippen molar-refractivity contribution in [3.8, 4) is 0 Å². The number of imidazole rings is 1. The summed E-state index contributed by atoms with van der Waals surface area (Å²) in [6.45, 7) is 0. The number of rotatable bonds is 5. The Labute approximate surface area is 166 Å². The summed E-state index contributed by atoms with van der Waals surface area (Å²) in [6, 6.07) is 19.4. The van der Waals surface area contributed by atoms with Crippen LogP contribution >= 0.6 is 11.6 Å². The number of amides is 1. The van der Waals surface area contributed by atoms with Crippen LogP contribution in [0.25, 0.3) is 11.0 Å². The Balaban J connectivity index is 1.65. The maximum atomic E-state index is 14.1. The fourth-order valence-corrected chi connectivity index (χ4v) is 3.44. The van der Waals surface area contributed by atoms with E-state index in [1.54, 1.807) is 12.4 Å². The van der Waals surface area contributed by atoms with E-state index in [1.807, 2.05) is 48.5 Å². The largest absolute Gasteiger partial charge is 0.345 e. The molecule has 1 amide bonds. The average Bonchev–Trinajstić information content (AvgIpc) is 3.17. The topological polar surface area (TPSA) is 57.8 Å². The van der Waals surface area contributed by atoms with Crippen molar-refractivity contribution in [1.29, 1.82) is 0 Å². The summed E-state index contributed by atoms with van der Waals surface area (Å²) in [5.41, 5.74) is 3.74. The molecule has 0 fully saturated rings. The quantitative estimate of drug-likeness (QED) is 0.511. The van der Waals surface area contributed by atoms with Gasteiger partial charge in [-0.15, -0.1) is 0 Å². The van der Waals surface area contributed by atoms with Crippen LogP contribution in [0.1, 0.15) is 22.7 Å². The van der Waals surface area contributed by atoms with E-state index in [9.17, 15) is 9.18 Å². The lowest BCUT2D eigenvalue weighted by molar-refractivity contribution is -0.121. The minimum atomic E-state index is -0.488. The Bertz CT molecular complexity index is 1110. The van der Waals surface area contributed by atoms with E-state index in [1.165, 1.54) is 12.1 Å². The summed E-state index contributed by atoms with van der Waals surface area (Å²) in [4.78, 5) is 20.0. The highest BCUT2D eigenvalue weighted by Gasteiger charge is 2.19. The van der Waals surface area contributed by atoms with Gasteiger partial charge in [-0.05, 0) is 35.4 Å². The normalized spacial score (nSPS) is 12.1. The lowest BCUT2D eigenvalue weighted by Crippen LogP contribution is -2.31. The van der Waals surface area contributed by atoms with Gasteiger partial charge in [-0.2, -0.15) is 0 Å². The zero-order chi connectivity index (χ0) is 19.5. The van der Waals surface area contributed by atoms with Crippen molar-refractivity contribution in [2.75, 3.05) is 0 Å². The molecule has 0 bridgehead atoms. The molecule has 140 valence electrons. The third kappa shape index (κ3) is 3.75. The first-order chi connectivity index (χ1) is 13.6. The number of hydrogen-bond acceptors (Lipinski definition) is 2. The number of H-pyrrole nitrogens is 1. The highest BCUT2D eigenvalue weighted by molar-refractivity contribution is 6.31. The smallest absolute Gasteiger partial charge is 0.225 e. The standard InChI is InChI=1S/C22H17ClFN3O/c23-17-7-4-8-18(24)16(17)12-21(28)27-22(14-5-2-1-3-6-14)15-9-10-19-20(11-15)26-13-25-19/h1-11,13,22H,12H2,(H,25,26)(H,27,28)/t22-/m0/s1. The first kappa shape index (κ1) is 18.2. The van der Waals surface area contributed by atoms with Crippen molar-refractivity contribution in [1.82, 2.24) is 15.3 Å². The van der Waals surface area contributed by atoms with Crippen molar-refractivity contribution < 1.29 is 9.18 Å². The van der Waals surface area contributed by atoms with Crippen LogP contribution in [0.4, 0.5) is 4.39 Å². The summed E-state index contributed by atoms with van der Waals surface area (Å²) in [5, 5.41) is 3.25. The van der Waals surface area contributed by atoms with Gasteiger partial charge in [0, 0.05) is 10.6 Å². The fourth-order valence-electron chi connectivity index (χ4n) is 3.21. The lowest BCUT2D eigenvalue weighted by Gasteiger charge is -2.20. The highest BCUT2D eigenvalue weighted by atomic mass is 35.5. The van der Waals surface area contributed by atoms with Crippen LogP contribution in [0.3, 0.4) is 0 Å². The Morgan fingerprint density at radius 2 is 1.89 bits per heavy atom. The second-order valence-electron chi connectivity index (χ2n) is 6.47. The first-order valence-electron chi connectivity index (χ1n) is 8.82. The first-order valence-corrected chi connectivity index (χ1v) is 9.20. The highest BCUT2D eigenvalue weighted by Crippen LogP contribution is 2.25. The third-order valence-electron chi connectivity index (χ3n) is 4.61. The second kappa shape index (κ2) is 7.82. The predicted octanol–water partition coefficient (Wildman–Crippen LogP) is 4.80. The molecule has 1 atom stereocenters. The van der Waals surface area contributed by atoms with Gasteiger partial charge in [0.05, 0.1) is 29.8 Å². The molecule has 0 aliphatic heterocycles. The lowest BCUT2D eigenvalue weighted by atomic mass is 9.97. The molecule has 0 aliphatic carbocycles. The second-order valence-corrected chi connectivity index (χ2v) is 6.87.